The topological polar surface area (TPSA) is 110 Å². The number of phenols is 2. The number of benzene rings is 3. The average molecular weight is 390 g/mol. The van der Waals surface area contributed by atoms with Crippen molar-refractivity contribution in [2.75, 3.05) is 12.0 Å². The predicted octanol–water partition coefficient (Wildman–Crippen LogP) is 4.58. The number of phenolic OH excluding ortho intramolecular Hbond substituents is 2. The lowest BCUT2D eigenvalue weighted by atomic mass is 10.1. The van der Waals surface area contributed by atoms with Crippen molar-refractivity contribution in [1.29, 1.82) is 0 Å². The number of aliphatic hydroxyl groups excluding tert-OH is 1. The molecule has 7 nitrogen and oxygen atoms in total. The summed E-state index contributed by atoms with van der Waals surface area (Å²) in [6.07, 6.45) is 1.47. The van der Waals surface area contributed by atoms with Crippen LogP contribution in [0.5, 0.6) is 11.5 Å². The number of hydrogen-bond acceptors (Lipinski definition) is 6. The van der Waals surface area contributed by atoms with E-state index in [1.54, 1.807) is 42.5 Å². The molecule has 0 saturated carbocycles. The lowest BCUT2D eigenvalue weighted by molar-refractivity contribution is 0.288. The Morgan fingerprint density at radius 2 is 1.52 bits per heavy atom. The number of para-hydroxylation sites is 3. The van der Waals surface area contributed by atoms with E-state index in [0.29, 0.717) is 23.4 Å². The molecule has 3 aromatic carbocycles. The van der Waals surface area contributed by atoms with Gasteiger partial charge in [0.2, 0.25) is 5.84 Å². The maximum atomic E-state index is 9.92. The molecule has 148 valence electrons. The molecule has 0 aliphatic rings. The minimum absolute atomic E-state index is 0.0172. The molecule has 0 fully saturated rings. The number of anilines is 1. The van der Waals surface area contributed by atoms with E-state index in [2.05, 4.69) is 20.8 Å². The zero-order valence-electron chi connectivity index (χ0n) is 15.7. The summed E-state index contributed by atoms with van der Waals surface area (Å²) in [5.41, 5.74) is 5.35. The monoisotopic (exact) mass is 390 g/mol. The largest absolute Gasteiger partial charge is 0.506 e. The normalized spacial score (nSPS) is 11.7. The molecule has 0 spiro atoms. The van der Waals surface area contributed by atoms with Gasteiger partial charge in [0.1, 0.15) is 17.2 Å². The van der Waals surface area contributed by atoms with Gasteiger partial charge in [-0.15, -0.1) is 10.2 Å². The van der Waals surface area contributed by atoms with Crippen molar-refractivity contribution in [3.05, 3.63) is 83.9 Å². The minimum Gasteiger partial charge on any atom is -0.506 e. The van der Waals surface area contributed by atoms with E-state index in [9.17, 15) is 10.2 Å². The Balaban J connectivity index is 1.89. The summed E-state index contributed by atoms with van der Waals surface area (Å²) < 4.78 is 0. The van der Waals surface area contributed by atoms with E-state index in [0.717, 1.165) is 12.0 Å². The molecule has 3 aromatic rings. The predicted molar refractivity (Wildman–Crippen MR) is 113 cm³/mol. The van der Waals surface area contributed by atoms with Gasteiger partial charge in [0.25, 0.3) is 0 Å². The third-order valence-electron chi connectivity index (χ3n) is 4.16. The van der Waals surface area contributed by atoms with Gasteiger partial charge < -0.3 is 15.3 Å². The third kappa shape index (κ3) is 5.63. The van der Waals surface area contributed by atoms with E-state index < -0.39 is 0 Å². The number of nitrogens with one attached hydrogen (secondary N) is 1. The van der Waals surface area contributed by atoms with Gasteiger partial charge in [-0.1, -0.05) is 48.5 Å². The molecule has 3 rings (SSSR count). The van der Waals surface area contributed by atoms with Crippen LogP contribution >= 0.6 is 0 Å². The van der Waals surface area contributed by atoms with E-state index in [1.165, 1.54) is 6.07 Å². The summed E-state index contributed by atoms with van der Waals surface area (Å²) in [4.78, 5) is 0. The maximum Gasteiger partial charge on any atom is 0.201 e. The molecular weight excluding hydrogens is 368 g/mol. The van der Waals surface area contributed by atoms with E-state index in [4.69, 9.17) is 5.11 Å². The number of nitrogens with zero attached hydrogens (tertiary/aromatic N) is 3. The average Bonchev–Trinajstić information content (AvgIpc) is 2.75. The van der Waals surface area contributed by atoms with Crippen LogP contribution in [-0.2, 0) is 6.42 Å². The molecule has 0 heterocycles. The van der Waals surface area contributed by atoms with Crippen molar-refractivity contribution in [2.24, 2.45) is 15.3 Å². The molecule has 0 saturated heterocycles. The second-order valence-corrected chi connectivity index (χ2v) is 6.28. The number of azo groups is 1. The van der Waals surface area contributed by atoms with Gasteiger partial charge in [-0.25, -0.2) is 0 Å². The van der Waals surface area contributed by atoms with Crippen LogP contribution in [0.1, 0.15) is 17.5 Å². The highest BCUT2D eigenvalue weighted by molar-refractivity contribution is 5.99. The Morgan fingerprint density at radius 3 is 2.21 bits per heavy atom. The smallest absolute Gasteiger partial charge is 0.201 e. The highest BCUT2D eigenvalue weighted by Crippen LogP contribution is 2.26. The molecule has 0 atom stereocenters. The van der Waals surface area contributed by atoms with Crippen LogP contribution < -0.4 is 5.43 Å². The fraction of sp³-hybridized carbons (Fsp3) is 0.136. The number of hydrogen-bond donors (Lipinski definition) is 4. The summed E-state index contributed by atoms with van der Waals surface area (Å²) in [5.74, 6) is 0.362. The number of hydrazone groups is 1. The summed E-state index contributed by atoms with van der Waals surface area (Å²) in [5, 5.41) is 41.4. The van der Waals surface area contributed by atoms with Crippen molar-refractivity contribution in [3.63, 3.8) is 0 Å². The van der Waals surface area contributed by atoms with Crippen molar-refractivity contribution >= 4 is 17.2 Å². The first-order valence-electron chi connectivity index (χ1n) is 9.19. The number of aliphatic hydroxyl groups is 1. The van der Waals surface area contributed by atoms with Crippen LogP contribution in [-0.4, -0.2) is 27.8 Å². The van der Waals surface area contributed by atoms with Gasteiger partial charge in [0.15, 0.2) is 0 Å². The minimum atomic E-state index is 0.0172. The summed E-state index contributed by atoms with van der Waals surface area (Å²) in [6.45, 7) is 0.147. The molecule has 4 N–H and O–H groups in total. The fourth-order valence-corrected chi connectivity index (χ4v) is 2.58. The second-order valence-electron chi connectivity index (χ2n) is 6.28. The van der Waals surface area contributed by atoms with Gasteiger partial charge in [0.05, 0.1) is 5.69 Å². The summed E-state index contributed by atoms with van der Waals surface area (Å²) in [7, 11) is 0. The van der Waals surface area contributed by atoms with E-state index >= 15 is 0 Å². The quantitative estimate of drug-likeness (QED) is 0.156. The van der Waals surface area contributed by atoms with Gasteiger partial charge in [-0.05, 0) is 42.7 Å². The molecule has 0 aromatic heterocycles. The van der Waals surface area contributed by atoms with Gasteiger partial charge in [0, 0.05) is 12.2 Å². The number of amidine groups is 1. The van der Waals surface area contributed by atoms with E-state index in [-0.39, 0.29) is 23.9 Å². The van der Waals surface area contributed by atoms with Crippen LogP contribution in [0, 0.1) is 0 Å². The Morgan fingerprint density at radius 1 is 0.828 bits per heavy atom. The molecule has 29 heavy (non-hydrogen) atoms. The molecule has 0 radical (unpaired) electrons. The molecule has 0 amide bonds. The zero-order valence-corrected chi connectivity index (χ0v) is 15.7. The molecule has 0 aliphatic heterocycles. The van der Waals surface area contributed by atoms with Crippen molar-refractivity contribution < 1.29 is 15.3 Å². The highest BCUT2D eigenvalue weighted by Gasteiger charge is 2.06. The van der Waals surface area contributed by atoms with Crippen LogP contribution in [0.2, 0.25) is 0 Å². The lowest BCUT2D eigenvalue weighted by Crippen LogP contribution is -2.02. The van der Waals surface area contributed by atoms with Gasteiger partial charge >= 0.3 is 0 Å². The zero-order chi connectivity index (χ0) is 20.5. The van der Waals surface area contributed by atoms with Crippen LogP contribution in [0.25, 0.3) is 0 Å². The van der Waals surface area contributed by atoms with Gasteiger partial charge in [-0.3, -0.25) is 5.43 Å². The van der Waals surface area contributed by atoms with Crippen molar-refractivity contribution in [2.45, 2.75) is 12.8 Å². The standard InChI is InChI=1S/C22H22N4O3/c27-15-5-6-16-11-13-17(14-12-16)22(25-23-18-7-1-3-9-20(18)28)26-24-19-8-2-4-10-21(19)29/h1-4,7-14,23,27-29H,5-6,15H2. The third-order valence-corrected chi connectivity index (χ3v) is 4.16. The van der Waals surface area contributed by atoms with Crippen LogP contribution in [0.4, 0.5) is 11.4 Å². The first-order chi connectivity index (χ1) is 14.2. The lowest BCUT2D eigenvalue weighted by Gasteiger charge is -2.06. The van der Waals surface area contributed by atoms with Crippen LogP contribution in [0.15, 0.2) is 88.1 Å². The molecule has 0 aliphatic carbocycles. The summed E-state index contributed by atoms with van der Waals surface area (Å²) in [6, 6.07) is 21.0. The molecule has 0 bridgehead atoms. The van der Waals surface area contributed by atoms with Crippen LogP contribution in [0.3, 0.4) is 0 Å². The summed E-state index contributed by atoms with van der Waals surface area (Å²) >= 11 is 0. The molecule has 0 unspecified atom stereocenters. The van der Waals surface area contributed by atoms with E-state index in [1.807, 2.05) is 24.3 Å². The van der Waals surface area contributed by atoms with Crippen molar-refractivity contribution in [1.82, 2.24) is 0 Å². The molecule has 7 heteroatoms. The first kappa shape index (κ1) is 20.0. The SMILES string of the molecule is OCCCc1ccc(C(N=Nc2ccccc2O)=NNc2ccccc2O)cc1. The Kier molecular flexibility index (Phi) is 6.91. The number of aryl methyl sites for hydroxylation is 1. The fourth-order valence-electron chi connectivity index (χ4n) is 2.58. The van der Waals surface area contributed by atoms with Gasteiger partial charge in [-0.2, -0.15) is 5.10 Å². The maximum absolute atomic E-state index is 9.92. The number of aromatic hydroxyl groups is 2. The Hall–Kier alpha value is -3.71. The Labute approximate surface area is 168 Å². The highest BCUT2D eigenvalue weighted by atomic mass is 16.3. The molecular formula is C22H22N4O3. The second kappa shape index (κ2) is 10.0. The number of rotatable bonds is 7. The Bertz CT molecular complexity index is 1000. The first-order valence-corrected chi connectivity index (χ1v) is 9.19. The van der Waals surface area contributed by atoms with Crippen molar-refractivity contribution in [3.8, 4) is 11.5 Å².